The minimum Gasteiger partial charge on any atom is -0.481 e. The third-order valence-corrected chi connectivity index (χ3v) is 3.50. The second-order valence-electron chi connectivity index (χ2n) is 5.08. The van der Waals surface area contributed by atoms with Crippen LogP contribution in [-0.4, -0.2) is 38.1 Å². The molecule has 1 aromatic carbocycles. The van der Waals surface area contributed by atoms with Gasteiger partial charge in [-0.2, -0.15) is 4.98 Å². The van der Waals surface area contributed by atoms with E-state index < -0.39 is 12.0 Å². The van der Waals surface area contributed by atoms with Crippen molar-refractivity contribution in [3.8, 4) is 11.8 Å². The molecule has 0 amide bonds. The van der Waals surface area contributed by atoms with Crippen LogP contribution in [-0.2, 0) is 9.53 Å². The van der Waals surface area contributed by atoms with E-state index in [1.807, 2.05) is 0 Å². The fourth-order valence-corrected chi connectivity index (χ4v) is 2.18. The van der Waals surface area contributed by atoms with Gasteiger partial charge in [0.1, 0.15) is 5.84 Å². The van der Waals surface area contributed by atoms with Crippen LogP contribution >= 0.6 is 12.4 Å². The smallest absolute Gasteiger partial charge is 0.332 e. The molecule has 140 valence electrons. The summed E-state index contributed by atoms with van der Waals surface area (Å²) in [5.41, 5.74) is 7.27. The summed E-state index contributed by atoms with van der Waals surface area (Å²) in [6, 6.07) is 9.28. The number of halogens is 1. The van der Waals surface area contributed by atoms with E-state index in [1.54, 1.807) is 36.4 Å². The predicted molar refractivity (Wildman–Crippen MR) is 100 cm³/mol. The molecule has 4 N–H and O–H groups in total. The Balaban J connectivity index is 0.00000338. The number of anilines is 1. The van der Waals surface area contributed by atoms with E-state index in [9.17, 15) is 4.79 Å². The highest BCUT2D eigenvalue weighted by molar-refractivity contribution is 5.95. The number of carbonyl (C=O) groups is 1. The lowest BCUT2D eigenvalue weighted by Gasteiger charge is -2.19. The number of nitrogen functional groups attached to an aromatic ring is 1. The highest BCUT2D eigenvalue weighted by Crippen LogP contribution is 2.27. The topological polar surface area (TPSA) is 120 Å². The molecular weight excluding hydrogens is 360 g/mol. The number of nitrogens with one attached hydrogen (secondary N) is 2. The van der Waals surface area contributed by atoms with Crippen molar-refractivity contribution in [2.75, 3.05) is 26.6 Å². The summed E-state index contributed by atoms with van der Waals surface area (Å²) in [6.07, 6.45) is 0. The number of esters is 1. The number of nitrogens with zero attached hydrogens (tertiary/aromatic N) is 1. The average Bonchev–Trinajstić information content (AvgIpc) is 2.65. The van der Waals surface area contributed by atoms with Crippen LogP contribution in [0.5, 0.6) is 11.8 Å². The largest absolute Gasteiger partial charge is 0.481 e. The van der Waals surface area contributed by atoms with E-state index in [0.29, 0.717) is 28.6 Å². The highest BCUT2D eigenvalue weighted by Gasteiger charge is 2.23. The van der Waals surface area contributed by atoms with Gasteiger partial charge >= 0.3 is 5.97 Å². The highest BCUT2D eigenvalue weighted by atomic mass is 35.5. The minimum atomic E-state index is -0.793. The summed E-state index contributed by atoms with van der Waals surface area (Å²) in [5, 5.41) is 10.5. The molecule has 0 radical (unpaired) electrons. The number of carbonyl (C=O) groups excluding carboxylic acids is 1. The molecule has 1 atom stereocenters. The van der Waals surface area contributed by atoms with Crippen molar-refractivity contribution in [2.45, 2.75) is 6.04 Å². The van der Waals surface area contributed by atoms with Gasteiger partial charge in [0.05, 0.1) is 21.3 Å². The first-order valence-electron chi connectivity index (χ1n) is 7.37. The molecular formula is C17H21ClN4O4. The SMILES string of the molecule is COC(=O)C(Nc1ccc(C(=N)N)cc1)c1cc(OC)nc(OC)c1.Cl. The van der Waals surface area contributed by atoms with Crippen molar-refractivity contribution in [3.05, 3.63) is 47.5 Å². The number of benzene rings is 1. The number of hydrogen-bond acceptors (Lipinski definition) is 7. The van der Waals surface area contributed by atoms with Gasteiger partial charge in [0.2, 0.25) is 11.8 Å². The normalized spacial score (nSPS) is 10.9. The van der Waals surface area contributed by atoms with Gasteiger partial charge < -0.3 is 25.3 Å². The van der Waals surface area contributed by atoms with Gasteiger partial charge in [0.15, 0.2) is 6.04 Å². The number of rotatable bonds is 7. The molecule has 9 heteroatoms. The summed E-state index contributed by atoms with van der Waals surface area (Å²) >= 11 is 0. The van der Waals surface area contributed by atoms with Crippen LogP contribution in [0.15, 0.2) is 36.4 Å². The molecule has 0 saturated carbocycles. The van der Waals surface area contributed by atoms with E-state index in [0.717, 1.165) is 0 Å². The molecule has 1 unspecified atom stereocenters. The summed E-state index contributed by atoms with van der Waals surface area (Å²) in [6.45, 7) is 0. The molecule has 0 saturated heterocycles. The molecule has 2 rings (SSSR count). The lowest BCUT2D eigenvalue weighted by atomic mass is 10.1. The number of nitrogens with two attached hydrogens (primary N) is 1. The summed E-state index contributed by atoms with van der Waals surface area (Å²) in [5.74, 6) is 0.125. The minimum absolute atomic E-state index is 0. The zero-order valence-corrected chi connectivity index (χ0v) is 15.4. The maximum absolute atomic E-state index is 12.3. The zero-order chi connectivity index (χ0) is 18.4. The van der Waals surface area contributed by atoms with Crippen LogP contribution in [0.4, 0.5) is 5.69 Å². The first kappa shape index (κ1) is 21.0. The molecule has 0 spiro atoms. The molecule has 0 bridgehead atoms. The van der Waals surface area contributed by atoms with E-state index in [2.05, 4.69) is 10.3 Å². The second-order valence-corrected chi connectivity index (χ2v) is 5.08. The van der Waals surface area contributed by atoms with E-state index >= 15 is 0 Å². The van der Waals surface area contributed by atoms with E-state index in [1.165, 1.54) is 21.3 Å². The Kier molecular flexibility index (Phi) is 7.67. The van der Waals surface area contributed by atoms with Gasteiger partial charge in [0, 0.05) is 23.4 Å². The Morgan fingerprint density at radius 1 is 1.12 bits per heavy atom. The molecule has 2 aromatic rings. The molecule has 26 heavy (non-hydrogen) atoms. The first-order chi connectivity index (χ1) is 12.0. The lowest BCUT2D eigenvalue weighted by molar-refractivity contribution is -0.141. The van der Waals surface area contributed by atoms with Gasteiger partial charge in [-0.3, -0.25) is 5.41 Å². The van der Waals surface area contributed by atoms with Crippen molar-refractivity contribution in [1.82, 2.24) is 4.98 Å². The van der Waals surface area contributed by atoms with Crippen molar-refractivity contribution < 1.29 is 19.0 Å². The fraction of sp³-hybridized carbons (Fsp3) is 0.235. The Hall–Kier alpha value is -3.00. The number of aromatic nitrogens is 1. The third-order valence-electron chi connectivity index (χ3n) is 3.50. The molecule has 1 aromatic heterocycles. The van der Waals surface area contributed by atoms with Gasteiger partial charge in [-0.25, -0.2) is 4.79 Å². The molecule has 0 aliphatic rings. The van der Waals surface area contributed by atoms with Crippen LogP contribution in [0.2, 0.25) is 0 Å². The summed E-state index contributed by atoms with van der Waals surface area (Å²) in [7, 11) is 4.27. The van der Waals surface area contributed by atoms with Crippen molar-refractivity contribution in [2.24, 2.45) is 5.73 Å². The standard InChI is InChI=1S/C17H20N4O4.ClH/c1-23-13-8-11(9-14(21-13)24-2)15(17(22)25-3)20-12-6-4-10(5-7-12)16(18)19;/h4-9,15,20H,1-3H3,(H3,18,19);1H. The maximum atomic E-state index is 12.3. The monoisotopic (exact) mass is 380 g/mol. The first-order valence-corrected chi connectivity index (χ1v) is 7.37. The molecule has 0 aliphatic carbocycles. The van der Waals surface area contributed by atoms with Gasteiger partial charge in [-0.05, 0) is 29.8 Å². The Bertz CT molecular complexity index is 746. The van der Waals surface area contributed by atoms with Crippen molar-refractivity contribution in [1.29, 1.82) is 5.41 Å². The van der Waals surface area contributed by atoms with Crippen LogP contribution < -0.4 is 20.5 Å². The molecule has 0 fully saturated rings. The van der Waals surface area contributed by atoms with Gasteiger partial charge in [-0.1, -0.05) is 0 Å². The number of ether oxygens (including phenoxy) is 3. The number of methoxy groups -OCH3 is 3. The molecule has 1 heterocycles. The van der Waals surface area contributed by atoms with E-state index in [-0.39, 0.29) is 18.2 Å². The second kappa shape index (κ2) is 9.47. The summed E-state index contributed by atoms with van der Waals surface area (Å²) < 4.78 is 15.2. The van der Waals surface area contributed by atoms with Crippen LogP contribution in [0, 0.1) is 5.41 Å². The quantitative estimate of drug-likeness (QED) is 0.382. The van der Waals surface area contributed by atoms with Crippen molar-refractivity contribution >= 4 is 29.9 Å². The predicted octanol–water partition coefficient (Wildman–Crippen LogP) is 2.13. The summed E-state index contributed by atoms with van der Waals surface area (Å²) in [4.78, 5) is 16.4. The third kappa shape index (κ3) is 5.00. The fourth-order valence-electron chi connectivity index (χ4n) is 2.18. The Morgan fingerprint density at radius 3 is 2.08 bits per heavy atom. The van der Waals surface area contributed by atoms with E-state index in [4.69, 9.17) is 25.4 Å². The maximum Gasteiger partial charge on any atom is 0.332 e. The van der Waals surface area contributed by atoms with Crippen LogP contribution in [0.1, 0.15) is 17.2 Å². The Labute approximate surface area is 157 Å². The number of hydrogen-bond donors (Lipinski definition) is 3. The van der Waals surface area contributed by atoms with Crippen LogP contribution in [0.3, 0.4) is 0 Å². The average molecular weight is 381 g/mol. The van der Waals surface area contributed by atoms with Gasteiger partial charge in [0.25, 0.3) is 0 Å². The molecule has 0 aliphatic heterocycles. The lowest BCUT2D eigenvalue weighted by Crippen LogP contribution is -2.22. The van der Waals surface area contributed by atoms with Crippen molar-refractivity contribution in [3.63, 3.8) is 0 Å². The van der Waals surface area contributed by atoms with Gasteiger partial charge in [-0.15, -0.1) is 12.4 Å². The Morgan fingerprint density at radius 2 is 1.65 bits per heavy atom. The zero-order valence-electron chi connectivity index (χ0n) is 14.6. The molecule has 8 nitrogen and oxygen atoms in total. The van der Waals surface area contributed by atoms with Crippen LogP contribution in [0.25, 0.3) is 0 Å². The number of pyridine rings is 1. The number of amidine groups is 1.